The van der Waals surface area contributed by atoms with Crippen molar-refractivity contribution in [2.24, 2.45) is 11.7 Å². The highest BCUT2D eigenvalue weighted by Gasteiger charge is 2.23. The molecular formula is C12H27N3. The Morgan fingerprint density at radius 2 is 2.00 bits per heavy atom. The summed E-state index contributed by atoms with van der Waals surface area (Å²) in [6.07, 6.45) is 0. The summed E-state index contributed by atoms with van der Waals surface area (Å²) in [5.41, 5.74) is 5.90. The van der Waals surface area contributed by atoms with Gasteiger partial charge in [0, 0.05) is 38.3 Å². The van der Waals surface area contributed by atoms with E-state index in [2.05, 4.69) is 37.5 Å². The van der Waals surface area contributed by atoms with E-state index in [4.69, 9.17) is 5.73 Å². The topological polar surface area (TPSA) is 32.5 Å². The van der Waals surface area contributed by atoms with Crippen molar-refractivity contribution in [2.45, 2.75) is 39.8 Å². The molecule has 0 radical (unpaired) electrons. The number of rotatable bonds is 4. The predicted octanol–water partition coefficient (Wildman–Crippen LogP) is 0.996. The van der Waals surface area contributed by atoms with Gasteiger partial charge in [-0.15, -0.1) is 0 Å². The molecule has 1 saturated heterocycles. The summed E-state index contributed by atoms with van der Waals surface area (Å²) in [4.78, 5) is 5.11. The quantitative estimate of drug-likeness (QED) is 0.756. The fourth-order valence-corrected chi connectivity index (χ4v) is 2.28. The highest BCUT2D eigenvalue weighted by Crippen LogP contribution is 2.11. The van der Waals surface area contributed by atoms with Gasteiger partial charge in [-0.05, 0) is 26.3 Å². The SMILES string of the molecule is CCN1CCN(CC(C)C(C)N)CC1C. The molecule has 1 heterocycles. The Balaban J connectivity index is 2.34. The van der Waals surface area contributed by atoms with Crippen molar-refractivity contribution < 1.29 is 0 Å². The van der Waals surface area contributed by atoms with Crippen LogP contribution in [-0.2, 0) is 0 Å². The Bertz CT molecular complexity index is 182. The Labute approximate surface area is 94.6 Å². The number of nitrogens with zero attached hydrogens (tertiary/aromatic N) is 2. The van der Waals surface area contributed by atoms with E-state index in [1.807, 2.05) is 0 Å². The van der Waals surface area contributed by atoms with Crippen LogP contribution >= 0.6 is 0 Å². The molecule has 0 aromatic heterocycles. The fourth-order valence-electron chi connectivity index (χ4n) is 2.28. The minimum Gasteiger partial charge on any atom is -0.328 e. The van der Waals surface area contributed by atoms with Gasteiger partial charge in [-0.3, -0.25) is 4.90 Å². The van der Waals surface area contributed by atoms with E-state index in [1.54, 1.807) is 0 Å². The van der Waals surface area contributed by atoms with E-state index < -0.39 is 0 Å². The first kappa shape index (κ1) is 12.9. The first-order valence-corrected chi connectivity index (χ1v) is 6.26. The van der Waals surface area contributed by atoms with E-state index in [9.17, 15) is 0 Å². The molecule has 1 aliphatic rings. The molecule has 3 heteroatoms. The molecule has 0 bridgehead atoms. The third-order valence-electron chi connectivity index (χ3n) is 3.70. The molecule has 3 nitrogen and oxygen atoms in total. The summed E-state index contributed by atoms with van der Waals surface area (Å²) in [5, 5.41) is 0. The molecule has 0 aromatic rings. The van der Waals surface area contributed by atoms with Gasteiger partial charge >= 0.3 is 0 Å². The van der Waals surface area contributed by atoms with Gasteiger partial charge in [0.05, 0.1) is 0 Å². The van der Waals surface area contributed by atoms with E-state index in [-0.39, 0.29) is 0 Å². The largest absolute Gasteiger partial charge is 0.328 e. The molecule has 0 aliphatic carbocycles. The molecule has 90 valence electrons. The van der Waals surface area contributed by atoms with E-state index in [0.29, 0.717) is 18.0 Å². The third kappa shape index (κ3) is 3.74. The maximum Gasteiger partial charge on any atom is 0.0195 e. The summed E-state index contributed by atoms with van der Waals surface area (Å²) in [7, 11) is 0. The average Bonchev–Trinajstić information content (AvgIpc) is 2.18. The van der Waals surface area contributed by atoms with E-state index in [0.717, 1.165) is 6.54 Å². The Morgan fingerprint density at radius 3 is 2.47 bits per heavy atom. The van der Waals surface area contributed by atoms with Gasteiger partial charge in [-0.25, -0.2) is 0 Å². The van der Waals surface area contributed by atoms with Gasteiger partial charge in [-0.1, -0.05) is 13.8 Å². The van der Waals surface area contributed by atoms with Gasteiger partial charge in [0.1, 0.15) is 0 Å². The Hall–Kier alpha value is -0.120. The van der Waals surface area contributed by atoms with Crippen molar-refractivity contribution in [1.82, 2.24) is 9.80 Å². The summed E-state index contributed by atoms with van der Waals surface area (Å²) in [6.45, 7) is 14.9. The first-order chi connectivity index (χ1) is 7.04. The van der Waals surface area contributed by atoms with Crippen LogP contribution in [0.4, 0.5) is 0 Å². The van der Waals surface area contributed by atoms with Crippen molar-refractivity contribution in [1.29, 1.82) is 0 Å². The van der Waals surface area contributed by atoms with Crippen LogP contribution in [0.15, 0.2) is 0 Å². The molecule has 0 saturated carbocycles. The lowest BCUT2D eigenvalue weighted by atomic mass is 10.0. The zero-order valence-electron chi connectivity index (χ0n) is 10.7. The maximum absolute atomic E-state index is 5.90. The Morgan fingerprint density at radius 1 is 1.33 bits per heavy atom. The molecule has 3 unspecified atom stereocenters. The zero-order valence-corrected chi connectivity index (χ0v) is 10.7. The molecule has 1 rings (SSSR count). The van der Waals surface area contributed by atoms with Crippen LogP contribution in [0.2, 0.25) is 0 Å². The minimum atomic E-state index is 0.310. The number of hydrogen-bond acceptors (Lipinski definition) is 3. The van der Waals surface area contributed by atoms with Crippen molar-refractivity contribution >= 4 is 0 Å². The van der Waals surface area contributed by atoms with Gasteiger partial charge in [0.15, 0.2) is 0 Å². The second-order valence-electron chi connectivity index (χ2n) is 5.07. The second-order valence-corrected chi connectivity index (χ2v) is 5.07. The van der Waals surface area contributed by atoms with Crippen LogP contribution in [0.25, 0.3) is 0 Å². The lowest BCUT2D eigenvalue weighted by molar-refractivity contribution is 0.0767. The first-order valence-electron chi connectivity index (χ1n) is 6.26. The van der Waals surface area contributed by atoms with E-state index >= 15 is 0 Å². The van der Waals surface area contributed by atoms with Crippen LogP contribution in [0.5, 0.6) is 0 Å². The van der Waals surface area contributed by atoms with Crippen molar-refractivity contribution in [3.8, 4) is 0 Å². The lowest BCUT2D eigenvalue weighted by Gasteiger charge is -2.40. The van der Waals surface area contributed by atoms with Gasteiger partial charge < -0.3 is 10.6 Å². The van der Waals surface area contributed by atoms with Crippen LogP contribution in [0, 0.1) is 5.92 Å². The van der Waals surface area contributed by atoms with Gasteiger partial charge in [-0.2, -0.15) is 0 Å². The molecule has 15 heavy (non-hydrogen) atoms. The molecule has 2 N–H and O–H groups in total. The van der Waals surface area contributed by atoms with Crippen LogP contribution in [0.1, 0.15) is 27.7 Å². The summed E-state index contributed by atoms with van der Waals surface area (Å²) in [5.74, 6) is 0.602. The molecule has 3 atom stereocenters. The number of nitrogens with two attached hydrogens (primary N) is 1. The standard InChI is InChI=1S/C12H27N3/c1-5-15-7-6-14(9-11(15)3)8-10(2)12(4)13/h10-12H,5-9,13H2,1-4H3. The maximum atomic E-state index is 5.90. The fraction of sp³-hybridized carbons (Fsp3) is 1.00. The number of likely N-dealkylation sites (N-methyl/N-ethyl adjacent to an activating group) is 1. The van der Waals surface area contributed by atoms with E-state index in [1.165, 1.54) is 26.2 Å². The highest BCUT2D eigenvalue weighted by molar-refractivity contribution is 4.80. The summed E-state index contributed by atoms with van der Waals surface area (Å²) in [6, 6.07) is 1.01. The number of hydrogen-bond donors (Lipinski definition) is 1. The third-order valence-corrected chi connectivity index (χ3v) is 3.70. The van der Waals surface area contributed by atoms with Gasteiger partial charge in [0.25, 0.3) is 0 Å². The van der Waals surface area contributed by atoms with Crippen LogP contribution < -0.4 is 5.73 Å². The van der Waals surface area contributed by atoms with Crippen molar-refractivity contribution in [3.63, 3.8) is 0 Å². The summed E-state index contributed by atoms with van der Waals surface area (Å²) < 4.78 is 0. The van der Waals surface area contributed by atoms with Gasteiger partial charge in [0.2, 0.25) is 0 Å². The lowest BCUT2D eigenvalue weighted by Crippen LogP contribution is -2.53. The smallest absolute Gasteiger partial charge is 0.0195 e. The van der Waals surface area contributed by atoms with Crippen molar-refractivity contribution in [2.75, 3.05) is 32.7 Å². The summed E-state index contributed by atoms with van der Waals surface area (Å²) >= 11 is 0. The molecule has 0 spiro atoms. The monoisotopic (exact) mass is 213 g/mol. The molecule has 0 amide bonds. The van der Waals surface area contributed by atoms with Crippen molar-refractivity contribution in [3.05, 3.63) is 0 Å². The molecule has 1 fully saturated rings. The molecule has 0 aromatic carbocycles. The number of piperazine rings is 1. The minimum absolute atomic E-state index is 0.310. The molecular weight excluding hydrogens is 186 g/mol. The molecule has 1 aliphatic heterocycles. The zero-order chi connectivity index (χ0) is 11.4. The average molecular weight is 213 g/mol. The predicted molar refractivity (Wildman–Crippen MR) is 66.0 cm³/mol. The second kappa shape index (κ2) is 5.83. The highest BCUT2D eigenvalue weighted by atomic mass is 15.3. The van der Waals surface area contributed by atoms with Crippen LogP contribution in [0.3, 0.4) is 0 Å². The normalized spacial score (nSPS) is 29.0. The Kier molecular flexibility index (Phi) is 5.03. The van der Waals surface area contributed by atoms with Crippen LogP contribution in [-0.4, -0.2) is 54.6 Å².